The third-order valence-corrected chi connectivity index (χ3v) is 7.58. The Bertz CT molecular complexity index is 981. The van der Waals surface area contributed by atoms with Crippen LogP contribution in [0.1, 0.15) is 42.4 Å². The summed E-state index contributed by atoms with van der Waals surface area (Å²) in [5.74, 6) is 0. The zero-order chi connectivity index (χ0) is 17.8. The Labute approximate surface area is 158 Å². The highest BCUT2D eigenvalue weighted by Gasteiger charge is 2.48. The van der Waals surface area contributed by atoms with Gasteiger partial charge < -0.3 is 0 Å². The molecule has 0 N–H and O–H groups in total. The van der Waals surface area contributed by atoms with Gasteiger partial charge in [-0.3, -0.25) is 0 Å². The second kappa shape index (κ2) is 5.82. The number of hydrogen-bond acceptors (Lipinski definition) is 2. The van der Waals surface area contributed by atoms with E-state index in [4.69, 9.17) is 0 Å². The van der Waals surface area contributed by atoms with E-state index in [-0.39, 0.29) is 0 Å². The average molecular weight is 417 g/mol. The molecular weight excluding hydrogens is 396 g/mol. The van der Waals surface area contributed by atoms with E-state index in [0.29, 0.717) is 10.3 Å². The second-order valence-electron chi connectivity index (χ2n) is 7.57. The third-order valence-electron chi connectivity index (χ3n) is 5.56. The van der Waals surface area contributed by atoms with Gasteiger partial charge in [-0.2, -0.15) is 0 Å². The molecule has 0 atom stereocenters. The van der Waals surface area contributed by atoms with Crippen molar-refractivity contribution in [3.63, 3.8) is 0 Å². The van der Waals surface area contributed by atoms with Crippen LogP contribution in [0.5, 0.6) is 0 Å². The van der Waals surface area contributed by atoms with Crippen LogP contribution in [0.25, 0.3) is 11.1 Å². The highest BCUT2D eigenvalue weighted by atomic mass is 79.9. The molecule has 25 heavy (non-hydrogen) atoms. The van der Waals surface area contributed by atoms with Crippen LogP contribution in [-0.4, -0.2) is 14.7 Å². The molecule has 2 aromatic carbocycles. The standard InChI is InChI=1S/C21H21BrO2S/c1-14-11-16(5-8-20(14)22)19-13-21(9-10-21)12-18(19)15-3-6-17(7-4-15)25(2,23)24/h3-8,11H,9-10,12-13H2,1-2H3. The van der Waals surface area contributed by atoms with Crippen molar-refractivity contribution in [3.8, 4) is 0 Å². The molecule has 0 unspecified atom stereocenters. The number of rotatable bonds is 3. The van der Waals surface area contributed by atoms with E-state index in [1.165, 1.54) is 41.4 Å². The van der Waals surface area contributed by atoms with E-state index in [2.05, 4.69) is 41.1 Å². The number of benzene rings is 2. The maximum atomic E-state index is 11.7. The van der Waals surface area contributed by atoms with Crippen LogP contribution in [0.15, 0.2) is 51.8 Å². The Balaban J connectivity index is 1.79. The van der Waals surface area contributed by atoms with Gasteiger partial charge in [0.2, 0.25) is 0 Å². The lowest BCUT2D eigenvalue weighted by Gasteiger charge is -2.10. The van der Waals surface area contributed by atoms with E-state index in [0.717, 1.165) is 22.9 Å². The molecule has 130 valence electrons. The van der Waals surface area contributed by atoms with Gasteiger partial charge >= 0.3 is 0 Å². The molecule has 1 spiro atoms. The summed E-state index contributed by atoms with van der Waals surface area (Å²) < 4.78 is 24.6. The van der Waals surface area contributed by atoms with Crippen molar-refractivity contribution in [3.05, 3.63) is 63.6 Å². The molecule has 4 heteroatoms. The fourth-order valence-electron chi connectivity index (χ4n) is 3.84. The first kappa shape index (κ1) is 17.0. The number of hydrogen-bond donors (Lipinski definition) is 0. The van der Waals surface area contributed by atoms with Gasteiger partial charge in [0.05, 0.1) is 4.90 Å². The molecule has 2 aliphatic carbocycles. The molecule has 2 aliphatic rings. The van der Waals surface area contributed by atoms with Crippen molar-refractivity contribution in [2.75, 3.05) is 6.26 Å². The van der Waals surface area contributed by atoms with Crippen LogP contribution in [0.4, 0.5) is 0 Å². The summed E-state index contributed by atoms with van der Waals surface area (Å²) in [7, 11) is -3.15. The Kier molecular flexibility index (Phi) is 3.97. The van der Waals surface area contributed by atoms with E-state index in [9.17, 15) is 8.42 Å². The molecule has 0 heterocycles. The van der Waals surface area contributed by atoms with Gasteiger partial charge in [-0.1, -0.05) is 40.2 Å². The molecule has 0 amide bonds. The smallest absolute Gasteiger partial charge is 0.175 e. The maximum absolute atomic E-state index is 11.7. The second-order valence-corrected chi connectivity index (χ2v) is 10.4. The largest absolute Gasteiger partial charge is 0.224 e. The minimum absolute atomic E-state index is 0.386. The van der Waals surface area contributed by atoms with Gasteiger partial charge in [0.15, 0.2) is 9.84 Å². The van der Waals surface area contributed by atoms with Crippen LogP contribution in [0.3, 0.4) is 0 Å². The summed E-state index contributed by atoms with van der Waals surface area (Å²) in [5, 5.41) is 0. The summed E-state index contributed by atoms with van der Waals surface area (Å²) >= 11 is 3.59. The molecule has 0 radical (unpaired) electrons. The molecule has 1 saturated carbocycles. The van der Waals surface area contributed by atoms with Gasteiger partial charge in [-0.15, -0.1) is 0 Å². The topological polar surface area (TPSA) is 34.1 Å². The SMILES string of the molecule is Cc1cc(C2=C(c3ccc(S(C)(=O)=O)cc3)CC3(CC3)C2)ccc1Br. The first-order valence-electron chi connectivity index (χ1n) is 8.57. The minimum atomic E-state index is -3.15. The van der Waals surface area contributed by atoms with E-state index in [1.54, 1.807) is 12.1 Å². The molecule has 1 fully saturated rings. The van der Waals surface area contributed by atoms with E-state index >= 15 is 0 Å². The van der Waals surface area contributed by atoms with Crippen LogP contribution >= 0.6 is 15.9 Å². The van der Waals surface area contributed by atoms with E-state index < -0.39 is 9.84 Å². The van der Waals surface area contributed by atoms with Crippen LogP contribution in [0, 0.1) is 12.3 Å². The predicted molar refractivity (Wildman–Crippen MR) is 106 cm³/mol. The lowest BCUT2D eigenvalue weighted by molar-refractivity contribution is 0.568. The fourth-order valence-corrected chi connectivity index (χ4v) is 4.72. The number of sulfone groups is 1. The normalized spacial score (nSPS) is 18.8. The molecule has 4 rings (SSSR count). The zero-order valence-corrected chi connectivity index (χ0v) is 16.9. The van der Waals surface area contributed by atoms with Crippen molar-refractivity contribution in [1.29, 1.82) is 0 Å². The van der Waals surface area contributed by atoms with Crippen molar-refractivity contribution >= 4 is 36.9 Å². The van der Waals surface area contributed by atoms with Crippen LogP contribution < -0.4 is 0 Å². The lowest BCUT2D eigenvalue weighted by atomic mass is 9.96. The zero-order valence-electron chi connectivity index (χ0n) is 14.5. The Morgan fingerprint density at radius 1 is 0.920 bits per heavy atom. The quantitative estimate of drug-likeness (QED) is 0.647. The van der Waals surface area contributed by atoms with Crippen LogP contribution in [0.2, 0.25) is 0 Å². The molecule has 0 aliphatic heterocycles. The summed E-state index contributed by atoms with van der Waals surface area (Å²) in [6.45, 7) is 2.12. The summed E-state index contributed by atoms with van der Waals surface area (Å²) in [6, 6.07) is 14.0. The fraction of sp³-hybridized carbons (Fsp3) is 0.333. The van der Waals surface area contributed by atoms with Gasteiger partial charge in [0.1, 0.15) is 0 Å². The van der Waals surface area contributed by atoms with Crippen molar-refractivity contribution in [2.24, 2.45) is 5.41 Å². The highest BCUT2D eigenvalue weighted by molar-refractivity contribution is 9.10. The van der Waals surface area contributed by atoms with Crippen molar-refractivity contribution < 1.29 is 8.42 Å². The first-order chi connectivity index (χ1) is 11.8. The average Bonchev–Trinajstić information content (AvgIpc) is 3.20. The van der Waals surface area contributed by atoms with Crippen molar-refractivity contribution in [1.82, 2.24) is 0 Å². The number of allylic oxidation sites excluding steroid dienone is 2. The molecule has 0 aromatic heterocycles. The Morgan fingerprint density at radius 2 is 1.48 bits per heavy atom. The minimum Gasteiger partial charge on any atom is -0.224 e. The van der Waals surface area contributed by atoms with Gasteiger partial charge in [0, 0.05) is 10.7 Å². The Morgan fingerprint density at radius 3 is 2.00 bits per heavy atom. The number of halogens is 1. The maximum Gasteiger partial charge on any atom is 0.175 e. The van der Waals surface area contributed by atoms with Gasteiger partial charge in [-0.05, 0) is 84.1 Å². The summed E-state index contributed by atoms with van der Waals surface area (Å²) in [6.07, 6.45) is 6.10. The van der Waals surface area contributed by atoms with Gasteiger partial charge in [0.25, 0.3) is 0 Å². The first-order valence-corrected chi connectivity index (χ1v) is 11.2. The highest BCUT2D eigenvalue weighted by Crippen LogP contribution is 2.63. The van der Waals surface area contributed by atoms with Crippen molar-refractivity contribution in [2.45, 2.75) is 37.5 Å². The molecule has 2 aromatic rings. The molecule has 0 bridgehead atoms. The van der Waals surface area contributed by atoms with Crippen LogP contribution in [-0.2, 0) is 9.84 Å². The molecule has 0 saturated heterocycles. The lowest BCUT2D eigenvalue weighted by Crippen LogP contribution is -1.97. The van der Waals surface area contributed by atoms with Gasteiger partial charge in [-0.25, -0.2) is 8.42 Å². The Hall–Kier alpha value is -1.39. The monoisotopic (exact) mass is 416 g/mol. The van der Waals surface area contributed by atoms with E-state index in [1.807, 2.05) is 12.1 Å². The third kappa shape index (κ3) is 3.22. The summed E-state index contributed by atoms with van der Waals surface area (Å²) in [4.78, 5) is 0.386. The number of aryl methyl sites for hydroxylation is 1. The molecule has 2 nitrogen and oxygen atoms in total. The molecular formula is C21H21BrO2S. The predicted octanol–water partition coefficient (Wildman–Crippen LogP) is 5.65. The summed E-state index contributed by atoms with van der Waals surface area (Å²) in [5.41, 5.74) is 6.98.